The highest BCUT2D eigenvalue weighted by atomic mass is 32.2. The van der Waals surface area contributed by atoms with Gasteiger partial charge in [0.25, 0.3) is 5.91 Å². The first kappa shape index (κ1) is 13.5. The lowest BCUT2D eigenvalue weighted by molar-refractivity contribution is 0.0943. The summed E-state index contributed by atoms with van der Waals surface area (Å²) in [6.45, 7) is 2.46. The van der Waals surface area contributed by atoms with E-state index in [1.54, 1.807) is 11.8 Å². The van der Waals surface area contributed by atoms with E-state index < -0.39 is 0 Å². The summed E-state index contributed by atoms with van der Waals surface area (Å²) in [5.74, 6) is -0.0392. The minimum atomic E-state index is -0.316. The molecule has 90 valence electrons. The summed E-state index contributed by atoms with van der Waals surface area (Å²) in [6, 6.07) is 1.95. The molecule has 1 atom stereocenters. The van der Waals surface area contributed by atoms with E-state index in [-0.39, 0.29) is 12.0 Å². The van der Waals surface area contributed by atoms with E-state index >= 15 is 0 Å². The SMILES string of the molecule is CCC(O)CCNC(=O)c1sccc1SC. The van der Waals surface area contributed by atoms with Gasteiger partial charge >= 0.3 is 0 Å². The van der Waals surface area contributed by atoms with Crippen LogP contribution in [0.5, 0.6) is 0 Å². The van der Waals surface area contributed by atoms with Crippen LogP contribution >= 0.6 is 23.1 Å². The molecule has 16 heavy (non-hydrogen) atoms. The normalized spacial score (nSPS) is 12.4. The Balaban J connectivity index is 2.41. The van der Waals surface area contributed by atoms with E-state index in [1.807, 2.05) is 24.6 Å². The van der Waals surface area contributed by atoms with E-state index in [0.717, 1.165) is 16.2 Å². The fourth-order valence-electron chi connectivity index (χ4n) is 1.26. The lowest BCUT2D eigenvalue weighted by Crippen LogP contribution is -2.26. The molecule has 0 fully saturated rings. The molecular weight excluding hydrogens is 242 g/mol. The summed E-state index contributed by atoms with van der Waals surface area (Å²) in [5.41, 5.74) is 0. The number of carbonyl (C=O) groups excluding carboxylic acids is 1. The van der Waals surface area contributed by atoms with Crippen molar-refractivity contribution in [3.8, 4) is 0 Å². The minimum Gasteiger partial charge on any atom is -0.393 e. The lowest BCUT2D eigenvalue weighted by Gasteiger charge is -2.08. The van der Waals surface area contributed by atoms with Crippen molar-refractivity contribution < 1.29 is 9.90 Å². The van der Waals surface area contributed by atoms with Crippen LogP contribution in [0.4, 0.5) is 0 Å². The highest BCUT2D eigenvalue weighted by molar-refractivity contribution is 7.98. The Morgan fingerprint density at radius 3 is 3.06 bits per heavy atom. The molecule has 0 aliphatic carbocycles. The molecule has 0 saturated carbocycles. The maximum atomic E-state index is 11.8. The van der Waals surface area contributed by atoms with Gasteiger partial charge in [0.05, 0.1) is 6.10 Å². The molecule has 1 aromatic rings. The predicted octanol–water partition coefficient (Wildman–Crippen LogP) is 2.36. The zero-order chi connectivity index (χ0) is 12.0. The van der Waals surface area contributed by atoms with Crippen molar-refractivity contribution in [3.63, 3.8) is 0 Å². The molecule has 0 aliphatic rings. The number of amides is 1. The Morgan fingerprint density at radius 1 is 1.69 bits per heavy atom. The van der Waals surface area contributed by atoms with Crippen LogP contribution in [0.25, 0.3) is 0 Å². The predicted molar refractivity (Wildman–Crippen MR) is 69.3 cm³/mol. The van der Waals surface area contributed by atoms with Gasteiger partial charge in [-0.1, -0.05) is 6.92 Å². The Bertz CT molecular complexity index is 338. The third kappa shape index (κ3) is 3.81. The Labute approximate surface area is 104 Å². The molecule has 1 amide bonds. The second kappa shape index (κ2) is 6.93. The van der Waals surface area contributed by atoms with Crippen molar-refractivity contribution in [2.24, 2.45) is 0 Å². The minimum absolute atomic E-state index is 0.0392. The van der Waals surface area contributed by atoms with Crippen LogP contribution in [0, 0.1) is 0 Å². The first-order valence-electron chi connectivity index (χ1n) is 5.26. The maximum absolute atomic E-state index is 11.8. The number of rotatable bonds is 6. The van der Waals surface area contributed by atoms with E-state index in [9.17, 15) is 9.90 Å². The van der Waals surface area contributed by atoms with Crippen LogP contribution in [0.2, 0.25) is 0 Å². The second-order valence-electron chi connectivity index (χ2n) is 3.42. The van der Waals surface area contributed by atoms with Crippen molar-refractivity contribution in [1.29, 1.82) is 0 Å². The van der Waals surface area contributed by atoms with Gasteiger partial charge in [-0.15, -0.1) is 23.1 Å². The number of thioether (sulfide) groups is 1. The van der Waals surface area contributed by atoms with Gasteiger partial charge in [0, 0.05) is 11.4 Å². The summed E-state index contributed by atoms with van der Waals surface area (Å²) in [7, 11) is 0. The number of aliphatic hydroxyl groups is 1. The zero-order valence-corrected chi connectivity index (χ0v) is 11.2. The van der Waals surface area contributed by atoms with Gasteiger partial charge in [-0.3, -0.25) is 4.79 Å². The second-order valence-corrected chi connectivity index (χ2v) is 5.19. The van der Waals surface area contributed by atoms with E-state index in [0.29, 0.717) is 13.0 Å². The Kier molecular flexibility index (Phi) is 5.87. The largest absolute Gasteiger partial charge is 0.393 e. The molecule has 5 heteroatoms. The number of carbonyl (C=O) groups is 1. The first-order valence-corrected chi connectivity index (χ1v) is 7.37. The van der Waals surface area contributed by atoms with Crippen LogP contribution < -0.4 is 5.32 Å². The van der Waals surface area contributed by atoms with Crippen LogP contribution in [-0.2, 0) is 0 Å². The summed E-state index contributed by atoms with van der Waals surface area (Å²) in [4.78, 5) is 13.5. The zero-order valence-electron chi connectivity index (χ0n) is 9.53. The summed E-state index contributed by atoms with van der Waals surface area (Å²) in [5, 5.41) is 14.1. The fourth-order valence-corrected chi connectivity index (χ4v) is 2.93. The van der Waals surface area contributed by atoms with Crippen molar-refractivity contribution in [2.75, 3.05) is 12.8 Å². The molecule has 0 radical (unpaired) electrons. The number of thiophene rings is 1. The Hall–Kier alpha value is -0.520. The molecule has 1 aromatic heterocycles. The topological polar surface area (TPSA) is 49.3 Å². The molecule has 3 nitrogen and oxygen atoms in total. The molecule has 0 bridgehead atoms. The van der Waals surface area contributed by atoms with Gasteiger partial charge in [-0.2, -0.15) is 0 Å². The van der Waals surface area contributed by atoms with E-state index in [4.69, 9.17) is 0 Å². The van der Waals surface area contributed by atoms with Crippen LogP contribution in [0.1, 0.15) is 29.4 Å². The number of nitrogens with one attached hydrogen (secondary N) is 1. The van der Waals surface area contributed by atoms with Crippen molar-refractivity contribution in [2.45, 2.75) is 30.8 Å². The number of aliphatic hydroxyl groups excluding tert-OH is 1. The average molecular weight is 259 g/mol. The van der Waals surface area contributed by atoms with Crippen LogP contribution in [0.3, 0.4) is 0 Å². The first-order chi connectivity index (χ1) is 7.69. The molecular formula is C11H17NO2S2. The number of hydrogen-bond donors (Lipinski definition) is 2. The molecule has 2 N–H and O–H groups in total. The molecule has 1 rings (SSSR count). The van der Waals surface area contributed by atoms with Crippen molar-refractivity contribution >= 4 is 29.0 Å². The van der Waals surface area contributed by atoms with Crippen molar-refractivity contribution in [3.05, 3.63) is 16.3 Å². The summed E-state index contributed by atoms with van der Waals surface area (Å²) < 4.78 is 0. The number of hydrogen-bond acceptors (Lipinski definition) is 4. The van der Waals surface area contributed by atoms with Gasteiger partial charge in [-0.25, -0.2) is 0 Å². The molecule has 0 spiro atoms. The highest BCUT2D eigenvalue weighted by Gasteiger charge is 2.12. The maximum Gasteiger partial charge on any atom is 0.262 e. The summed E-state index contributed by atoms with van der Waals surface area (Å²) in [6.07, 6.45) is 2.98. The standard InChI is InChI=1S/C11H17NO2S2/c1-3-8(13)4-6-12-11(14)10-9(15-2)5-7-16-10/h5,7-8,13H,3-4,6H2,1-2H3,(H,12,14). The van der Waals surface area contributed by atoms with Gasteiger partial charge in [0.15, 0.2) is 0 Å². The fraction of sp³-hybridized carbons (Fsp3) is 0.545. The monoisotopic (exact) mass is 259 g/mol. The van der Waals surface area contributed by atoms with Crippen molar-refractivity contribution in [1.82, 2.24) is 5.32 Å². The molecule has 1 unspecified atom stereocenters. The quantitative estimate of drug-likeness (QED) is 0.771. The molecule has 0 aliphatic heterocycles. The van der Waals surface area contributed by atoms with Gasteiger partial charge in [-0.05, 0) is 30.5 Å². The molecule has 0 aromatic carbocycles. The average Bonchev–Trinajstić information content (AvgIpc) is 2.76. The van der Waals surface area contributed by atoms with Crippen LogP contribution in [0.15, 0.2) is 16.3 Å². The van der Waals surface area contributed by atoms with E-state index in [1.165, 1.54) is 11.3 Å². The molecule has 0 saturated heterocycles. The van der Waals surface area contributed by atoms with Gasteiger partial charge in [0.1, 0.15) is 4.88 Å². The van der Waals surface area contributed by atoms with Gasteiger partial charge in [0.2, 0.25) is 0 Å². The van der Waals surface area contributed by atoms with Crippen LogP contribution in [-0.4, -0.2) is 29.9 Å². The third-order valence-electron chi connectivity index (χ3n) is 2.29. The van der Waals surface area contributed by atoms with E-state index in [2.05, 4.69) is 5.32 Å². The highest BCUT2D eigenvalue weighted by Crippen LogP contribution is 2.25. The smallest absolute Gasteiger partial charge is 0.262 e. The third-order valence-corrected chi connectivity index (χ3v) is 4.11. The Morgan fingerprint density at radius 2 is 2.44 bits per heavy atom. The summed E-state index contributed by atoms with van der Waals surface area (Å²) >= 11 is 3.03. The lowest BCUT2D eigenvalue weighted by atomic mass is 10.2. The molecule has 1 heterocycles. The van der Waals surface area contributed by atoms with Gasteiger partial charge < -0.3 is 10.4 Å².